The van der Waals surface area contributed by atoms with Gasteiger partial charge in [0.05, 0.1) is 33.0 Å². The molecule has 0 aliphatic heterocycles. The van der Waals surface area contributed by atoms with Crippen LogP contribution in [0, 0.1) is 0 Å². The summed E-state index contributed by atoms with van der Waals surface area (Å²) in [5, 5.41) is 0. The van der Waals surface area contributed by atoms with Crippen LogP contribution in [0.1, 0.15) is 81.1 Å². The number of hydrogen-bond acceptors (Lipinski definition) is 7. The predicted molar refractivity (Wildman–Crippen MR) is 137 cm³/mol. The van der Waals surface area contributed by atoms with E-state index in [0.29, 0.717) is 0 Å². The monoisotopic (exact) mass is 508 g/mol. The summed E-state index contributed by atoms with van der Waals surface area (Å²) in [5.41, 5.74) is 2.38. The lowest BCUT2D eigenvalue weighted by molar-refractivity contribution is 0.0957. The van der Waals surface area contributed by atoms with E-state index in [-0.39, 0.29) is 33.0 Å². The second-order valence-electron chi connectivity index (χ2n) is 7.87. The molecule has 0 aromatic heterocycles. The molecule has 0 bridgehead atoms. The van der Waals surface area contributed by atoms with E-state index in [1.807, 2.05) is 13.0 Å². The fourth-order valence-electron chi connectivity index (χ4n) is 3.02. The number of ether oxygens (including phenoxy) is 1. The van der Waals surface area contributed by atoms with Crippen LogP contribution in [0.3, 0.4) is 0 Å². The van der Waals surface area contributed by atoms with Crippen LogP contribution in [0.4, 0.5) is 0 Å². The van der Waals surface area contributed by atoms with Crippen molar-refractivity contribution in [3.05, 3.63) is 34.9 Å². The van der Waals surface area contributed by atoms with Gasteiger partial charge < -0.3 is 22.8 Å². The molecule has 7 nitrogen and oxygen atoms in total. The van der Waals surface area contributed by atoms with Gasteiger partial charge in [-0.25, -0.2) is 0 Å². The molecule has 0 saturated carbocycles. The topological polar surface area (TPSA) is 80.3 Å². The lowest BCUT2D eigenvalue weighted by atomic mass is 10.1. The largest absolute Gasteiger partial charge is 0.371 e. The lowest BCUT2D eigenvalue weighted by Gasteiger charge is -2.30. The van der Waals surface area contributed by atoms with Gasteiger partial charge in [-0.1, -0.05) is 34.9 Å². The Morgan fingerprint density at radius 3 is 1.45 bits per heavy atom. The summed E-state index contributed by atoms with van der Waals surface area (Å²) in [6.07, 6.45) is 10.3. The maximum Gasteiger partial charge on any atom is 0.371 e. The molecule has 0 N–H and O–H groups in total. The minimum absolute atomic E-state index is 0.0913. The van der Waals surface area contributed by atoms with Crippen molar-refractivity contribution < 1.29 is 32.0 Å². The van der Waals surface area contributed by atoms with Crippen LogP contribution in [0.25, 0.3) is 0 Å². The second kappa shape index (κ2) is 17.8. The second-order valence-corrected chi connectivity index (χ2v) is 12.4. The first-order valence-corrected chi connectivity index (χ1v) is 15.1. The van der Waals surface area contributed by atoms with Crippen molar-refractivity contribution >= 4 is 15.2 Å². The standard InChI is InChI=1S/C24H46O7P2/c1-9-28-32(25,29-10-2)24(33(26,30-11-3)31-12-4)27-20-19-23(8)18-14-17-22(7)16-13-15-21(5)6/h15,17,19,24H,9-14,16,18,20H2,1-8H3/b22-17+,23-19+. The zero-order valence-corrected chi connectivity index (χ0v) is 23.7. The van der Waals surface area contributed by atoms with E-state index < -0.39 is 20.8 Å². The van der Waals surface area contributed by atoms with Crippen LogP contribution in [-0.4, -0.2) is 38.6 Å². The van der Waals surface area contributed by atoms with Crippen molar-refractivity contribution in [1.82, 2.24) is 0 Å². The average Bonchev–Trinajstić information content (AvgIpc) is 2.71. The quantitative estimate of drug-likeness (QED) is 0.128. The van der Waals surface area contributed by atoms with E-state index in [4.69, 9.17) is 22.8 Å². The summed E-state index contributed by atoms with van der Waals surface area (Å²) < 4.78 is 54.3. The van der Waals surface area contributed by atoms with Gasteiger partial charge in [0.2, 0.25) is 0 Å². The Labute approximate surface area is 202 Å². The molecule has 0 amide bonds. The van der Waals surface area contributed by atoms with Crippen molar-refractivity contribution in [3.8, 4) is 0 Å². The molecule has 0 aromatic rings. The van der Waals surface area contributed by atoms with E-state index >= 15 is 0 Å². The Morgan fingerprint density at radius 2 is 1.06 bits per heavy atom. The maximum atomic E-state index is 13.4. The summed E-state index contributed by atoms with van der Waals surface area (Å²) in [6, 6.07) is 0. The highest BCUT2D eigenvalue weighted by Crippen LogP contribution is 2.70. The summed E-state index contributed by atoms with van der Waals surface area (Å²) in [5.74, 6) is 0. The molecule has 33 heavy (non-hydrogen) atoms. The van der Waals surface area contributed by atoms with Crippen LogP contribution in [0.5, 0.6) is 0 Å². The van der Waals surface area contributed by atoms with Crippen LogP contribution in [0.2, 0.25) is 0 Å². The minimum Gasteiger partial charge on any atom is -0.351 e. The minimum atomic E-state index is -3.90. The molecular weight excluding hydrogens is 462 g/mol. The highest BCUT2D eigenvalue weighted by Gasteiger charge is 2.52. The molecule has 0 radical (unpaired) electrons. The van der Waals surface area contributed by atoms with Crippen molar-refractivity contribution in [3.63, 3.8) is 0 Å². The van der Waals surface area contributed by atoms with Crippen molar-refractivity contribution in [2.45, 2.75) is 86.7 Å². The third kappa shape index (κ3) is 13.2. The molecule has 0 aliphatic rings. The molecule has 0 aliphatic carbocycles. The lowest BCUT2D eigenvalue weighted by Crippen LogP contribution is -2.21. The molecule has 9 heteroatoms. The van der Waals surface area contributed by atoms with Crippen molar-refractivity contribution in [2.75, 3.05) is 33.0 Å². The van der Waals surface area contributed by atoms with Gasteiger partial charge in [0.25, 0.3) is 5.59 Å². The highest BCUT2D eigenvalue weighted by atomic mass is 31.2. The van der Waals surface area contributed by atoms with Crippen LogP contribution < -0.4 is 0 Å². The van der Waals surface area contributed by atoms with E-state index in [0.717, 1.165) is 31.3 Å². The Bertz CT molecular complexity index is 674. The zero-order valence-electron chi connectivity index (χ0n) is 21.9. The molecular formula is C24H46O7P2. The smallest absolute Gasteiger partial charge is 0.351 e. The first-order chi connectivity index (χ1) is 15.6. The maximum absolute atomic E-state index is 13.4. The number of rotatable bonds is 19. The molecule has 0 heterocycles. The molecule has 0 atom stereocenters. The van der Waals surface area contributed by atoms with E-state index in [9.17, 15) is 9.13 Å². The van der Waals surface area contributed by atoms with E-state index in [2.05, 4.69) is 32.9 Å². The van der Waals surface area contributed by atoms with Crippen LogP contribution in [-0.2, 0) is 32.0 Å². The molecule has 0 saturated heterocycles. The van der Waals surface area contributed by atoms with Crippen molar-refractivity contribution in [2.24, 2.45) is 0 Å². The van der Waals surface area contributed by atoms with Crippen LogP contribution >= 0.6 is 15.2 Å². The first kappa shape index (κ1) is 32.5. The average molecular weight is 509 g/mol. The fourth-order valence-corrected chi connectivity index (χ4v) is 7.84. The van der Waals surface area contributed by atoms with E-state index in [1.165, 1.54) is 11.1 Å². The first-order valence-electron chi connectivity index (χ1n) is 11.9. The molecule has 194 valence electrons. The summed E-state index contributed by atoms with van der Waals surface area (Å²) in [7, 11) is -7.80. The molecule has 0 spiro atoms. The predicted octanol–water partition coefficient (Wildman–Crippen LogP) is 8.24. The summed E-state index contributed by atoms with van der Waals surface area (Å²) in [4.78, 5) is 0. The van der Waals surface area contributed by atoms with Crippen LogP contribution in [0.15, 0.2) is 34.9 Å². The molecule has 0 fully saturated rings. The summed E-state index contributed by atoms with van der Waals surface area (Å²) >= 11 is 0. The van der Waals surface area contributed by atoms with Gasteiger partial charge in [0, 0.05) is 0 Å². The Morgan fingerprint density at radius 1 is 0.667 bits per heavy atom. The Hall–Kier alpha value is -0.520. The number of hydrogen-bond donors (Lipinski definition) is 0. The fraction of sp³-hybridized carbons (Fsp3) is 0.750. The van der Waals surface area contributed by atoms with Gasteiger partial charge in [0.1, 0.15) is 0 Å². The van der Waals surface area contributed by atoms with Gasteiger partial charge in [0.15, 0.2) is 0 Å². The van der Waals surface area contributed by atoms with Gasteiger partial charge in [-0.05, 0) is 81.1 Å². The highest BCUT2D eigenvalue weighted by molar-refractivity contribution is 7.72. The molecule has 0 aromatic carbocycles. The molecule has 0 rings (SSSR count). The van der Waals surface area contributed by atoms with Gasteiger partial charge in [-0.3, -0.25) is 9.13 Å². The normalized spacial score (nSPS) is 13.6. The van der Waals surface area contributed by atoms with Gasteiger partial charge in [-0.2, -0.15) is 0 Å². The van der Waals surface area contributed by atoms with Crippen molar-refractivity contribution in [1.29, 1.82) is 0 Å². The van der Waals surface area contributed by atoms with Gasteiger partial charge in [-0.15, -0.1) is 0 Å². The zero-order chi connectivity index (χ0) is 25.3. The molecule has 0 unspecified atom stereocenters. The summed E-state index contributed by atoms with van der Waals surface area (Å²) in [6.45, 7) is 15.7. The Balaban J connectivity index is 5.27. The Kier molecular flexibility index (Phi) is 17.6. The SMILES string of the molecule is CCOP(=O)(OCC)C(OC/C=C(\C)CC/C=C(\C)CCC=C(C)C)P(=O)(OCC)OCC. The third-order valence-corrected chi connectivity index (χ3v) is 10.1. The van der Waals surface area contributed by atoms with E-state index in [1.54, 1.807) is 27.7 Å². The third-order valence-electron chi connectivity index (χ3n) is 4.58. The van der Waals surface area contributed by atoms with Gasteiger partial charge >= 0.3 is 15.2 Å². The number of allylic oxidation sites excluding steroid dienone is 5.